The maximum atomic E-state index is 12.5. The van der Waals surface area contributed by atoms with Gasteiger partial charge in [-0.3, -0.25) is 24.0 Å². The number of primary amides is 1. The van der Waals surface area contributed by atoms with Gasteiger partial charge in [-0.2, -0.15) is 24.4 Å². The van der Waals surface area contributed by atoms with Crippen molar-refractivity contribution in [1.82, 2.24) is 16.0 Å². The number of hydrogen-bond donors (Lipinski definition) is 8. The lowest BCUT2D eigenvalue weighted by Gasteiger charge is -2.23. The second kappa shape index (κ2) is 14.5. The van der Waals surface area contributed by atoms with Gasteiger partial charge in [0.1, 0.15) is 18.1 Å². The monoisotopic (exact) mass is 481 g/mol. The lowest BCUT2D eigenvalue weighted by atomic mass is 10.1. The molecule has 0 aromatic rings. The highest BCUT2D eigenvalue weighted by molar-refractivity contribution is 7.98. The fraction of sp³-hybridized carbons (Fsp3) is 0.625. The maximum Gasteiger partial charge on any atom is 0.326 e. The molecule has 0 aliphatic heterocycles. The van der Waals surface area contributed by atoms with Crippen LogP contribution in [0.5, 0.6) is 0 Å². The molecule has 4 amide bonds. The molecule has 0 heterocycles. The van der Waals surface area contributed by atoms with Gasteiger partial charge in [-0.15, -0.1) is 0 Å². The normalized spacial score (nSPS) is 14.4. The first kappa shape index (κ1) is 28.5. The molecular formula is C16H27N5O8S2. The molecule has 0 aliphatic carbocycles. The summed E-state index contributed by atoms with van der Waals surface area (Å²) in [5.74, 6) is -6.17. The van der Waals surface area contributed by atoms with E-state index in [0.717, 1.165) is 0 Å². The zero-order chi connectivity index (χ0) is 24.1. The fourth-order valence-corrected chi connectivity index (χ4v) is 2.93. The first-order chi connectivity index (χ1) is 14.4. The van der Waals surface area contributed by atoms with E-state index in [0.29, 0.717) is 5.75 Å². The number of carbonyl (C=O) groups is 6. The summed E-state index contributed by atoms with van der Waals surface area (Å²) in [6, 6.07) is -5.49. The number of carboxylic acids is 2. The Labute approximate surface area is 187 Å². The molecule has 15 heteroatoms. The third-order valence-electron chi connectivity index (χ3n) is 3.81. The number of hydrogen-bond acceptors (Lipinski definition) is 9. The van der Waals surface area contributed by atoms with Gasteiger partial charge in [0.25, 0.3) is 0 Å². The van der Waals surface area contributed by atoms with Gasteiger partial charge in [-0.25, -0.2) is 4.79 Å². The number of rotatable bonds is 15. The van der Waals surface area contributed by atoms with Crippen molar-refractivity contribution in [2.45, 2.75) is 43.4 Å². The molecule has 9 N–H and O–H groups in total. The molecule has 0 bridgehead atoms. The average molecular weight is 482 g/mol. The van der Waals surface area contributed by atoms with E-state index in [1.54, 1.807) is 6.26 Å². The Morgan fingerprint density at radius 1 is 0.903 bits per heavy atom. The summed E-state index contributed by atoms with van der Waals surface area (Å²) in [6.07, 6.45) is 0.561. The van der Waals surface area contributed by atoms with Gasteiger partial charge in [-0.05, 0) is 18.4 Å². The predicted octanol–water partition coefficient (Wildman–Crippen LogP) is -3.11. The second-order valence-electron chi connectivity index (χ2n) is 6.36. The van der Waals surface area contributed by atoms with E-state index in [2.05, 4.69) is 28.6 Å². The lowest BCUT2D eigenvalue weighted by Crippen LogP contribution is -2.58. The molecule has 0 aliphatic rings. The van der Waals surface area contributed by atoms with Gasteiger partial charge in [0.2, 0.25) is 23.6 Å². The van der Waals surface area contributed by atoms with Crippen LogP contribution in [-0.2, 0) is 28.8 Å². The quantitative estimate of drug-likeness (QED) is 0.110. The second-order valence-corrected chi connectivity index (χ2v) is 7.71. The number of nitrogens with two attached hydrogens (primary N) is 2. The van der Waals surface area contributed by atoms with Crippen molar-refractivity contribution in [3.63, 3.8) is 0 Å². The fourth-order valence-electron chi connectivity index (χ4n) is 2.20. The Morgan fingerprint density at radius 2 is 1.42 bits per heavy atom. The van der Waals surface area contributed by atoms with Gasteiger partial charge in [0, 0.05) is 5.75 Å². The first-order valence-corrected chi connectivity index (χ1v) is 10.9. The molecule has 0 aromatic heterocycles. The van der Waals surface area contributed by atoms with Crippen LogP contribution in [0.2, 0.25) is 0 Å². The van der Waals surface area contributed by atoms with Crippen molar-refractivity contribution in [3.05, 3.63) is 0 Å². The van der Waals surface area contributed by atoms with Crippen LogP contribution in [0.1, 0.15) is 19.3 Å². The molecule has 0 saturated heterocycles. The molecule has 0 fully saturated rings. The summed E-state index contributed by atoms with van der Waals surface area (Å²) in [7, 11) is 0. The summed E-state index contributed by atoms with van der Waals surface area (Å²) in [6.45, 7) is 0. The molecule has 0 radical (unpaired) electrons. The summed E-state index contributed by atoms with van der Waals surface area (Å²) in [5, 5.41) is 24.5. The van der Waals surface area contributed by atoms with Crippen LogP contribution in [0, 0.1) is 0 Å². The maximum absolute atomic E-state index is 12.5. The molecule has 0 aromatic carbocycles. The van der Waals surface area contributed by atoms with Gasteiger partial charge < -0.3 is 37.6 Å². The van der Waals surface area contributed by atoms with Gasteiger partial charge in [-0.1, -0.05) is 0 Å². The van der Waals surface area contributed by atoms with Crippen molar-refractivity contribution in [3.8, 4) is 0 Å². The minimum absolute atomic E-state index is 0.107. The number of thiol groups is 1. The molecule has 0 spiro atoms. The number of amides is 4. The van der Waals surface area contributed by atoms with Crippen LogP contribution in [0.3, 0.4) is 0 Å². The van der Waals surface area contributed by atoms with Gasteiger partial charge >= 0.3 is 11.9 Å². The van der Waals surface area contributed by atoms with E-state index < -0.39 is 72.6 Å². The van der Waals surface area contributed by atoms with Crippen molar-refractivity contribution < 1.29 is 39.0 Å². The molecule has 176 valence electrons. The van der Waals surface area contributed by atoms with Crippen LogP contribution in [0.15, 0.2) is 0 Å². The number of aliphatic carboxylic acids is 2. The van der Waals surface area contributed by atoms with E-state index in [1.807, 2.05) is 0 Å². The summed E-state index contributed by atoms with van der Waals surface area (Å²) >= 11 is 5.30. The van der Waals surface area contributed by atoms with E-state index in [9.17, 15) is 33.9 Å². The van der Waals surface area contributed by atoms with Crippen molar-refractivity contribution in [1.29, 1.82) is 0 Å². The standard InChI is InChI=1S/C16H27N5O8S2/c1-31-3-2-8(16(28)29)19-14(26)9(5-11(18)22)20-15(27)10(6-30)21-13(25)7(17)4-12(23)24/h7-10,30H,2-6,17H2,1H3,(H2,18,22)(H,19,26)(H,20,27)(H,21,25)(H,23,24)(H,28,29). The smallest absolute Gasteiger partial charge is 0.326 e. The topological polar surface area (TPSA) is 231 Å². The zero-order valence-electron chi connectivity index (χ0n) is 16.7. The molecule has 0 rings (SSSR count). The SMILES string of the molecule is CSCCC(NC(=O)C(CC(N)=O)NC(=O)C(CS)NC(=O)C(N)CC(=O)O)C(=O)O. The predicted molar refractivity (Wildman–Crippen MR) is 114 cm³/mol. The number of carbonyl (C=O) groups excluding carboxylic acids is 4. The van der Waals surface area contributed by atoms with Crippen LogP contribution < -0.4 is 27.4 Å². The van der Waals surface area contributed by atoms with Gasteiger partial charge in [0.15, 0.2) is 0 Å². The third-order valence-corrected chi connectivity index (χ3v) is 4.82. The summed E-state index contributed by atoms with van der Waals surface area (Å²) in [4.78, 5) is 70.1. The van der Waals surface area contributed by atoms with Crippen LogP contribution >= 0.6 is 24.4 Å². The van der Waals surface area contributed by atoms with Crippen molar-refractivity contribution >= 4 is 60.0 Å². The highest BCUT2D eigenvalue weighted by Crippen LogP contribution is 2.03. The number of thioether (sulfide) groups is 1. The largest absolute Gasteiger partial charge is 0.481 e. The molecule has 13 nitrogen and oxygen atoms in total. The Bertz CT molecular complexity index is 693. The summed E-state index contributed by atoms with van der Waals surface area (Å²) in [5.41, 5.74) is 10.5. The van der Waals surface area contributed by atoms with Crippen molar-refractivity contribution in [2.24, 2.45) is 11.5 Å². The Balaban J connectivity index is 5.25. The molecule has 31 heavy (non-hydrogen) atoms. The van der Waals surface area contributed by atoms with Gasteiger partial charge in [0.05, 0.1) is 18.9 Å². The minimum Gasteiger partial charge on any atom is -0.481 e. The highest BCUT2D eigenvalue weighted by atomic mass is 32.2. The molecule has 0 saturated carbocycles. The van der Waals surface area contributed by atoms with E-state index in [1.165, 1.54) is 11.8 Å². The van der Waals surface area contributed by atoms with E-state index in [-0.39, 0.29) is 12.2 Å². The molecule has 4 atom stereocenters. The average Bonchev–Trinajstić information content (AvgIpc) is 2.66. The lowest BCUT2D eigenvalue weighted by molar-refractivity contribution is -0.142. The number of carboxylic acid groups (broad SMARTS) is 2. The number of nitrogens with one attached hydrogen (secondary N) is 3. The highest BCUT2D eigenvalue weighted by Gasteiger charge is 2.31. The van der Waals surface area contributed by atoms with Crippen molar-refractivity contribution in [2.75, 3.05) is 17.8 Å². The van der Waals surface area contributed by atoms with E-state index in [4.69, 9.17) is 16.6 Å². The molecule has 4 unspecified atom stereocenters. The third kappa shape index (κ3) is 11.4. The van der Waals surface area contributed by atoms with Crippen LogP contribution in [0.25, 0.3) is 0 Å². The summed E-state index contributed by atoms with van der Waals surface area (Å²) < 4.78 is 0. The first-order valence-electron chi connectivity index (χ1n) is 8.92. The van der Waals surface area contributed by atoms with E-state index >= 15 is 0 Å². The van der Waals surface area contributed by atoms with Crippen LogP contribution in [0.4, 0.5) is 0 Å². The Hall–Kier alpha value is -2.52. The zero-order valence-corrected chi connectivity index (χ0v) is 18.4. The minimum atomic E-state index is -1.51. The molecular weight excluding hydrogens is 454 g/mol. The van der Waals surface area contributed by atoms with Crippen LogP contribution in [-0.4, -0.2) is 87.7 Å². The Morgan fingerprint density at radius 3 is 1.87 bits per heavy atom. The Kier molecular flexibility index (Phi) is 13.3.